The zero-order chi connectivity index (χ0) is 16.8. The molecule has 120 valence electrons. The van der Waals surface area contributed by atoms with E-state index in [0.29, 0.717) is 16.8 Å². The number of fused-ring (bicyclic) bond motifs is 2. The zero-order valence-electron chi connectivity index (χ0n) is 12.6. The van der Waals surface area contributed by atoms with Gasteiger partial charge in [-0.3, -0.25) is 4.98 Å². The van der Waals surface area contributed by atoms with Crippen molar-refractivity contribution in [3.05, 3.63) is 77.0 Å². The average Bonchev–Trinajstić information content (AvgIpc) is 2.85. The van der Waals surface area contributed by atoms with Gasteiger partial charge in [0.25, 0.3) is 0 Å². The average molecular weight is 321 g/mol. The number of pyridine rings is 1. The number of aromatic nitrogens is 1. The van der Waals surface area contributed by atoms with E-state index < -0.39 is 24.1 Å². The Kier molecular flexibility index (Phi) is 3.33. The summed E-state index contributed by atoms with van der Waals surface area (Å²) in [6.07, 6.45) is -1.92. The number of aromatic carboxylic acids is 1. The van der Waals surface area contributed by atoms with Crippen molar-refractivity contribution in [1.82, 2.24) is 4.98 Å². The number of benzene rings is 2. The number of hydrogen-bond donors (Lipinski definition) is 3. The number of carboxylic acids is 1. The molecule has 0 bridgehead atoms. The second-order valence-electron chi connectivity index (χ2n) is 5.99. The molecule has 2 aromatic carbocycles. The van der Waals surface area contributed by atoms with Crippen LogP contribution in [0.3, 0.4) is 0 Å². The second kappa shape index (κ2) is 5.40. The Morgan fingerprint density at radius 1 is 0.917 bits per heavy atom. The first-order valence-electron chi connectivity index (χ1n) is 7.65. The third-order valence-electron chi connectivity index (χ3n) is 4.61. The van der Waals surface area contributed by atoms with Gasteiger partial charge in [0.15, 0.2) is 0 Å². The van der Waals surface area contributed by atoms with E-state index in [2.05, 4.69) is 4.98 Å². The Morgan fingerprint density at radius 3 is 2.46 bits per heavy atom. The van der Waals surface area contributed by atoms with Crippen LogP contribution in [0.2, 0.25) is 0 Å². The molecular weight excluding hydrogens is 306 g/mol. The Morgan fingerprint density at radius 2 is 1.67 bits per heavy atom. The molecule has 4 rings (SSSR count). The summed E-state index contributed by atoms with van der Waals surface area (Å²) in [7, 11) is 0. The number of hydrogen-bond acceptors (Lipinski definition) is 4. The van der Waals surface area contributed by atoms with Gasteiger partial charge in [0.2, 0.25) is 0 Å². The van der Waals surface area contributed by atoms with Crippen LogP contribution in [0, 0.1) is 0 Å². The van der Waals surface area contributed by atoms with Crippen LogP contribution in [0.5, 0.6) is 0 Å². The maximum Gasteiger partial charge on any atom is 0.335 e. The summed E-state index contributed by atoms with van der Waals surface area (Å²) in [5.41, 5.74) is 2.46. The molecule has 1 heterocycles. The molecule has 3 aromatic rings. The van der Waals surface area contributed by atoms with Gasteiger partial charge >= 0.3 is 5.97 Å². The number of rotatable bonds is 2. The van der Waals surface area contributed by atoms with Gasteiger partial charge in [-0.25, -0.2) is 4.79 Å². The highest BCUT2D eigenvalue weighted by Gasteiger charge is 2.41. The van der Waals surface area contributed by atoms with Crippen LogP contribution in [0.25, 0.3) is 10.9 Å². The fourth-order valence-corrected chi connectivity index (χ4v) is 3.38. The summed E-state index contributed by atoms with van der Waals surface area (Å²) >= 11 is 0. The van der Waals surface area contributed by atoms with Crippen molar-refractivity contribution in [3.63, 3.8) is 0 Å². The lowest BCUT2D eigenvalue weighted by atomic mass is 9.96. The Hall–Kier alpha value is -2.76. The van der Waals surface area contributed by atoms with E-state index in [0.717, 1.165) is 10.9 Å². The summed E-state index contributed by atoms with van der Waals surface area (Å²) < 4.78 is 0. The van der Waals surface area contributed by atoms with E-state index in [1.54, 1.807) is 12.1 Å². The quantitative estimate of drug-likeness (QED) is 0.675. The van der Waals surface area contributed by atoms with Crippen LogP contribution in [0.4, 0.5) is 0 Å². The SMILES string of the molecule is O=C(O)c1ccc2c(c1)C(O)C(c1ccc3ccccc3n1)C2O. The van der Waals surface area contributed by atoms with Gasteiger partial charge in [0.1, 0.15) is 0 Å². The van der Waals surface area contributed by atoms with E-state index in [4.69, 9.17) is 5.11 Å². The van der Waals surface area contributed by atoms with Crippen molar-refractivity contribution < 1.29 is 20.1 Å². The third-order valence-corrected chi connectivity index (χ3v) is 4.61. The minimum Gasteiger partial charge on any atom is -0.478 e. The Labute approximate surface area is 137 Å². The van der Waals surface area contributed by atoms with Crippen LogP contribution < -0.4 is 0 Å². The molecule has 0 spiro atoms. The fourth-order valence-electron chi connectivity index (χ4n) is 3.38. The molecule has 1 aromatic heterocycles. The summed E-state index contributed by atoms with van der Waals surface area (Å²) in [5, 5.41) is 31.4. The number of nitrogens with zero attached hydrogens (tertiary/aromatic N) is 1. The fraction of sp³-hybridized carbons (Fsp3) is 0.158. The lowest BCUT2D eigenvalue weighted by molar-refractivity contribution is 0.0696. The van der Waals surface area contributed by atoms with Crippen LogP contribution in [0.1, 0.15) is 45.3 Å². The van der Waals surface area contributed by atoms with Gasteiger partial charge in [-0.15, -0.1) is 0 Å². The normalized spacial score (nSPS) is 22.5. The minimum atomic E-state index is -1.06. The predicted octanol–water partition coefficient (Wildman–Crippen LogP) is 2.80. The molecule has 3 atom stereocenters. The third kappa shape index (κ3) is 2.18. The van der Waals surface area contributed by atoms with Crippen molar-refractivity contribution in [2.45, 2.75) is 18.1 Å². The number of carbonyl (C=O) groups is 1. The summed E-state index contributed by atoms with van der Waals surface area (Å²) in [4.78, 5) is 15.7. The lowest BCUT2D eigenvalue weighted by Crippen LogP contribution is -2.11. The van der Waals surface area contributed by atoms with Gasteiger partial charge in [0.05, 0.1) is 34.9 Å². The topological polar surface area (TPSA) is 90.7 Å². The number of carboxylic acid groups (broad SMARTS) is 1. The lowest BCUT2D eigenvalue weighted by Gasteiger charge is -2.18. The summed E-state index contributed by atoms with van der Waals surface area (Å²) in [6.45, 7) is 0. The summed E-state index contributed by atoms with van der Waals surface area (Å²) in [5.74, 6) is -1.68. The maximum atomic E-state index is 11.1. The molecular formula is C19H15NO4. The molecule has 0 amide bonds. The number of aliphatic hydroxyl groups excluding tert-OH is 2. The van der Waals surface area contributed by atoms with Crippen LogP contribution in [0.15, 0.2) is 54.6 Å². The van der Waals surface area contributed by atoms with E-state index in [1.807, 2.05) is 30.3 Å². The minimum absolute atomic E-state index is 0.0899. The Bertz CT molecular complexity index is 953. The molecule has 24 heavy (non-hydrogen) atoms. The molecule has 1 aliphatic carbocycles. The van der Waals surface area contributed by atoms with Crippen molar-refractivity contribution >= 4 is 16.9 Å². The highest BCUT2D eigenvalue weighted by atomic mass is 16.4. The first-order chi connectivity index (χ1) is 11.6. The van der Waals surface area contributed by atoms with Gasteiger partial charge in [-0.1, -0.05) is 30.3 Å². The van der Waals surface area contributed by atoms with Gasteiger partial charge in [-0.05, 0) is 35.4 Å². The Balaban J connectivity index is 1.79. The second-order valence-corrected chi connectivity index (χ2v) is 5.99. The van der Waals surface area contributed by atoms with E-state index >= 15 is 0 Å². The standard InChI is InChI=1S/C19H15NO4/c21-17-12-7-5-11(19(23)24)9-13(12)18(22)16(17)15-8-6-10-3-1-2-4-14(10)20-15/h1-9,16-18,21-22H,(H,23,24). The molecule has 0 saturated heterocycles. The van der Waals surface area contributed by atoms with Crippen LogP contribution in [-0.2, 0) is 0 Å². The molecule has 0 aliphatic heterocycles. The van der Waals surface area contributed by atoms with Crippen LogP contribution >= 0.6 is 0 Å². The molecule has 1 aliphatic rings. The number of para-hydroxylation sites is 1. The first kappa shape index (κ1) is 14.8. The van der Waals surface area contributed by atoms with E-state index in [9.17, 15) is 15.0 Å². The van der Waals surface area contributed by atoms with Gasteiger partial charge in [0, 0.05) is 5.39 Å². The largest absolute Gasteiger partial charge is 0.478 e. The first-order valence-corrected chi connectivity index (χ1v) is 7.65. The molecule has 3 N–H and O–H groups in total. The highest BCUT2D eigenvalue weighted by molar-refractivity contribution is 5.88. The molecule has 5 heteroatoms. The molecule has 0 fully saturated rings. The maximum absolute atomic E-state index is 11.1. The predicted molar refractivity (Wildman–Crippen MR) is 87.8 cm³/mol. The molecule has 3 unspecified atom stereocenters. The van der Waals surface area contributed by atoms with Crippen molar-refractivity contribution in [3.8, 4) is 0 Å². The van der Waals surface area contributed by atoms with Crippen molar-refractivity contribution in [2.75, 3.05) is 0 Å². The highest BCUT2D eigenvalue weighted by Crippen LogP contribution is 2.49. The molecule has 0 saturated carbocycles. The monoisotopic (exact) mass is 321 g/mol. The summed E-state index contributed by atoms with van der Waals surface area (Å²) in [6, 6.07) is 15.8. The van der Waals surface area contributed by atoms with Crippen LogP contribution in [-0.4, -0.2) is 26.3 Å². The smallest absolute Gasteiger partial charge is 0.335 e. The van der Waals surface area contributed by atoms with E-state index in [-0.39, 0.29) is 5.56 Å². The zero-order valence-corrected chi connectivity index (χ0v) is 12.6. The number of aliphatic hydroxyl groups is 2. The molecule has 0 radical (unpaired) electrons. The van der Waals surface area contributed by atoms with Crippen molar-refractivity contribution in [2.24, 2.45) is 0 Å². The molecule has 5 nitrogen and oxygen atoms in total. The van der Waals surface area contributed by atoms with Gasteiger partial charge < -0.3 is 15.3 Å². The van der Waals surface area contributed by atoms with Gasteiger partial charge in [-0.2, -0.15) is 0 Å². The van der Waals surface area contributed by atoms with E-state index in [1.165, 1.54) is 12.1 Å². The van der Waals surface area contributed by atoms with Crippen molar-refractivity contribution in [1.29, 1.82) is 0 Å².